The maximum Gasteiger partial charge on any atom is 0.141 e. The molecule has 1 aromatic rings. The molecule has 1 aromatic heterocycles. The van der Waals surface area contributed by atoms with Crippen molar-refractivity contribution in [2.45, 2.75) is 71.2 Å². The van der Waals surface area contributed by atoms with Crippen molar-refractivity contribution in [2.75, 3.05) is 6.54 Å². The lowest BCUT2D eigenvalue weighted by Gasteiger charge is -2.31. The summed E-state index contributed by atoms with van der Waals surface area (Å²) in [6.07, 6.45) is 7.39. The van der Waals surface area contributed by atoms with E-state index in [0.717, 1.165) is 31.9 Å². The molecule has 1 aliphatic carbocycles. The van der Waals surface area contributed by atoms with Gasteiger partial charge in [-0.25, -0.2) is 9.67 Å². The fourth-order valence-electron chi connectivity index (χ4n) is 4.04. The molecule has 1 saturated heterocycles. The number of nitrogens with zero attached hydrogens (tertiary/aromatic N) is 4. The largest absolute Gasteiger partial charge is 0.393 e. The fourth-order valence-corrected chi connectivity index (χ4v) is 4.04. The zero-order chi connectivity index (χ0) is 14.8. The van der Waals surface area contributed by atoms with Crippen LogP contribution in [-0.2, 0) is 13.1 Å². The number of aliphatic hydroxyl groups is 1. The minimum atomic E-state index is -0.0934. The molecule has 0 spiro atoms. The Morgan fingerprint density at radius 3 is 2.86 bits per heavy atom. The Labute approximate surface area is 127 Å². The Morgan fingerprint density at radius 1 is 1.29 bits per heavy atom. The van der Waals surface area contributed by atoms with Crippen LogP contribution in [0.25, 0.3) is 0 Å². The molecule has 3 rings (SSSR count). The van der Waals surface area contributed by atoms with Gasteiger partial charge in [-0.15, -0.1) is 0 Å². The highest BCUT2D eigenvalue weighted by atomic mass is 16.3. The Morgan fingerprint density at radius 2 is 2.14 bits per heavy atom. The molecule has 0 radical (unpaired) electrons. The first-order chi connectivity index (χ1) is 10.1. The molecule has 0 amide bonds. The highest BCUT2D eigenvalue weighted by Crippen LogP contribution is 2.36. The SMILES string of the molecule is CC(C)Cn1ncnc1CN1CCCC1C1CCCC1O. The number of aliphatic hydroxyl groups excluding tert-OH is 1. The van der Waals surface area contributed by atoms with Crippen molar-refractivity contribution in [3.63, 3.8) is 0 Å². The van der Waals surface area contributed by atoms with Gasteiger partial charge in [0.15, 0.2) is 0 Å². The molecule has 1 N–H and O–H groups in total. The predicted molar refractivity (Wildman–Crippen MR) is 81.6 cm³/mol. The van der Waals surface area contributed by atoms with E-state index in [1.807, 2.05) is 4.68 Å². The molecule has 5 nitrogen and oxygen atoms in total. The zero-order valence-electron chi connectivity index (χ0n) is 13.3. The van der Waals surface area contributed by atoms with Crippen molar-refractivity contribution >= 4 is 0 Å². The molecular weight excluding hydrogens is 264 g/mol. The molecule has 2 fully saturated rings. The van der Waals surface area contributed by atoms with Gasteiger partial charge in [0.2, 0.25) is 0 Å². The van der Waals surface area contributed by atoms with Crippen LogP contribution in [-0.4, -0.2) is 43.5 Å². The van der Waals surface area contributed by atoms with Gasteiger partial charge in [-0.05, 0) is 38.1 Å². The van der Waals surface area contributed by atoms with Crippen LogP contribution in [0.4, 0.5) is 0 Å². The van der Waals surface area contributed by atoms with Crippen molar-refractivity contribution in [3.8, 4) is 0 Å². The summed E-state index contributed by atoms with van der Waals surface area (Å²) in [5.41, 5.74) is 0. The summed E-state index contributed by atoms with van der Waals surface area (Å²) in [7, 11) is 0. The summed E-state index contributed by atoms with van der Waals surface area (Å²) in [5, 5.41) is 14.6. The summed E-state index contributed by atoms with van der Waals surface area (Å²) < 4.78 is 2.05. The summed E-state index contributed by atoms with van der Waals surface area (Å²) in [6, 6.07) is 0.534. The molecule has 2 heterocycles. The monoisotopic (exact) mass is 292 g/mol. The van der Waals surface area contributed by atoms with Gasteiger partial charge in [-0.1, -0.05) is 20.3 Å². The molecular formula is C16H28N4O. The Balaban J connectivity index is 1.67. The minimum Gasteiger partial charge on any atom is -0.393 e. The highest BCUT2D eigenvalue weighted by Gasteiger charge is 2.38. The van der Waals surface area contributed by atoms with Gasteiger partial charge in [-0.3, -0.25) is 4.90 Å². The van der Waals surface area contributed by atoms with Crippen LogP contribution in [0.2, 0.25) is 0 Å². The summed E-state index contributed by atoms with van der Waals surface area (Å²) in [6.45, 7) is 7.35. The van der Waals surface area contributed by atoms with E-state index >= 15 is 0 Å². The maximum absolute atomic E-state index is 10.2. The van der Waals surface area contributed by atoms with Crippen molar-refractivity contribution < 1.29 is 5.11 Å². The van der Waals surface area contributed by atoms with Crippen molar-refractivity contribution in [1.29, 1.82) is 0 Å². The lowest BCUT2D eigenvalue weighted by atomic mass is 9.94. The Hall–Kier alpha value is -0.940. The second-order valence-corrected chi connectivity index (χ2v) is 7.09. The van der Waals surface area contributed by atoms with E-state index in [9.17, 15) is 5.11 Å². The van der Waals surface area contributed by atoms with Gasteiger partial charge in [0.1, 0.15) is 12.2 Å². The van der Waals surface area contributed by atoms with E-state index in [1.165, 1.54) is 25.7 Å². The van der Waals surface area contributed by atoms with Crippen LogP contribution in [0.3, 0.4) is 0 Å². The summed E-state index contributed by atoms with van der Waals surface area (Å²) in [5.74, 6) is 2.12. The quantitative estimate of drug-likeness (QED) is 0.902. The first-order valence-electron chi connectivity index (χ1n) is 8.44. The highest BCUT2D eigenvalue weighted by molar-refractivity contribution is 4.95. The van der Waals surface area contributed by atoms with Gasteiger partial charge >= 0.3 is 0 Å². The van der Waals surface area contributed by atoms with Gasteiger partial charge in [0.25, 0.3) is 0 Å². The third-order valence-corrected chi connectivity index (χ3v) is 5.02. The smallest absolute Gasteiger partial charge is 0.141 e. The first-order valence-corrected chi connectivity index (χ1v) is 8.44. The van der Waals surface area contributed by atoms with Crippen molar-refractivity contribution in [1.82, 2.24) is 19.7 Å². The third kappa shape index (κ3) is 3.29. The van der Waals surface area contributed by atoms with Crippen LogP contribution in [0.1, 0.15) is 51.8 Å². The molecule has 3 atom stereocenters. The topological polar surface area (TPSA) is 54.2 Å². The molecule has 118 valence electrons. The molecule has 3 unspecified atom stereocenters. The normalized spacial score (nSPS) is 30.6. The first kappa shape index (κ1) is 15.0. The van der Waals surface area contributed by atoms with Crippen LogP contribution >= 0.6 is 0 Å². The van der Waals surface area contributed by atoms with E-state index in [2.05, 4.69) is 28.8 Å². The van der Waals surface area contributed by atoms with E-state index in [1.54, 1.807) is 6.33 Å². The predicted octanol–water partition coefficient (Wildman–Crippen LogP) is 2.06. The molecule has 21 heavy (non-hydrogen) atoms. The van der Waals surface area contributed by atoms with E-state index < -0.39 is 0 Å². The number of rotatable bonds is 5. The Bertz CT molecular complexity index is 459. The van der Waals surface area contributed by atoms with E-state index in [4.69, 9.17) is 0 Å². The van der Waals surface area contributed by atoms with E-state index in [0.29, 0.717) is 17.9 Å². The average molecular weight is 292 g/mol. The Kier molecular flexibility index (Phi) is 4.60. The van der Waals surface area contributed by atoms with Gasteiger partial charge in [-0.2, -0.15) is 5.10 Å². The molecule has 0 aromatic carbocycles. The number of likely N-dealkylation sites (tertiary alicyclic amines) is 1. The standard InChI is InChI=1S/C16H28N4O/c1-12(2)9-20-16(17-11-18-20)10-19-8-4-6-14(19)13-5-3-7-15(13)21/h11-15,21H,3-10H2,1-2H3. The maximum atomic E-state index is 10.2. The molecule has 1 aliphatic heterocycles. The second-order valence-electron chi connectivity index (χ2n) is 7.09. The fraction of sp³-hybridized carbons (Fsp3) is 0.875. The van der Waals surface area contributed by atoms with Crippen molar-refractivity contribution in [3.05, 3.63) is 12.2 Å². The average Bonchev–Trinajstić information content (AvgIpc) is 3.12. The van der Waals surface area contributed by atoms with Gasteiger partial charge in [0, 0.05) is 18.5 Å². The van der Waals surface area contributed by atoms with Crippen LogP contribution in [0.15, 0.2) is 6.33 Å². The van der Waals surface area contributed by atoms with Gasteiger partial charge in [0.05, 0.1) is 12.6 Å². The zero-order valence-corrected chi connectivity index (χ0v) is 13.3. The van der Waals surface area contributed by atoms with E-state index in [-0.39, 0.29) is 6.10 Å². The summed E-state index contributed by atoms with van der Waals surface area (Å²) in [4.78, 5) is 6.99. The molecule has 0 bridgehead atoms. The number of hydrogen-bond acceptors (Lipinski definition) is 4. The third-order valence-electron chi connectivity index (χ3n) is 5.02. The molecule has 5 heteroatoms. The van der Waals surface area contributed by atoms with Gasteiger partial charge < -0.3 is 5.11 Å². The lowest BCUT2D eigenvalue weighted by Crippen LogP contribution is -2.39. The number of hydrogen-bond donors (Lipinski definition) is 1. The summed E-state index contributed by atoms with van der Waals surface area (Å²) >= 11 is 0. The lowest BCUT2D eigenvalue weighted by molar-refractivity contribution is 0.0702. The van der Waals surface area contributed by atoms with Crippen molar-refractivity contribution in [2.24, 2.45) is 11.8 Å². The van der Waals surface area contributed by atoms with Crippen LogP contribution in [0, 0.1) is 11.8 Å². The second kappa shape index (κ2) is 6.44. The van der Waals surface area contributed by atoms with Crippen LogP contribution < -0.4 is 0 Å². The number of aromatic nitrogens is 3. The van der Waals surface area contributed by atoms with Crippen LogP contribution in [0.5, 0.6) is 0 Å². The minimum absolute atomic E-state index is 0.0934. The molecule has 1 saturated carbocycles. The molecule has 2 aliphatic rings.